The molecule has 0 radical (unpaired) electrons. The molecule has 1 amide bonds. The van der Waals surface area contributed by atoms with Crippen LogP contribution in [0.1, 0.15) is 97.0 Å². The molecule has 13 heteroatoms. The van der Waals surface area contributed by atoms with Crippen molar-refractivity contribution >= 4 is 11.9 Å². The third kappa shape index (κ3) is 9.52. The van der Waals surface area contributed by atoms with Gasteiger partial charge in [-0.05, 0) is 119 Å². The number of aromatic nitrogens is 2. The SMILES string of the molecule is Cc1cc(F)cc2c1-c1cc(c(F)c(C(F)(F)F)c1)[C@H](CC(=O)O)NC(=O)[C@@H](n1nc(CCCN(C)C)cc(C)c1=O)CCCCCCC2. The molecule has 2 N–H and O–H groups in total. The minimum absolute atomic E-state index is 0.0801. The number of halogens is 5. The summed E-state index contributed by atoms with van der Waals surface area (Å²) >= 11 is 0. The molecule has 49 heavy (non-hydrogen) atoms. The largest absolute Gasteiger partial charge is 0.481 e. The Bertz CT molecular complexity index is 1740. The van der Waals surface area contributed by atoms with E-state index in [0.717, 1.165) is 30.1 Å². The van der Waals surface area contributed by atoms with Crippen molar-refractivity contribution in [3.05, 3.63) is 85.8 Å². The number of aryl methyl sites for hydroxylation is 4. The molecule has 0 unspecified atom stereocenters. The Morgan fingerprint density at radius 1 is 1.00 bits per heavy atom. The van der Waals surface area contributed by atoms with Crippen LogP contribution in [0.4, 0.5) is 22.0 Å². The standard InChI is InChI=1S/C36H43F5N4O4/c1-21-15-25(37)17-23-11-8-6-5-7-9-13-30(45-35(49)22(2)16-26(43-45)12-10-14-44(3)4)34(48)42-29(20-31(46)47)27-18-24(32(21)23)19-28(33(27)38)36(39,40)41/h15-19,29-30H,5-14,20H2,1-4H3,(H,42,48)(H,46,47)/t29-,30-/m0/s1. The first-order valence-electron chi connectivity index (χ1n) is 16.5. The number of carboxylic acids is 1. The molecular formula is C36H43F5N4O4. The van der Waals surface area contributed by atoms with Crippen molar-refractivity contribution < 1.29 is 36.6 Å². The van der Waals surface area contributed by atoms with Crippen molar-refractivity contribution in [3.8, 4) is 11.1 Å². The second-order valence-electron chi connectivity index (χ2n) is 13.1. The Hall–Kier alpha value is -4.13. The molecule has 2 atom stereocenters. The van der Waals surface area contributed by atoms with Crippen LogP contribution in [0.2, 0.25) is 0 Å². The third-order valence-electron chi connectivity index (χ3n) is 8.87. The maximum atomic E-state index is 15.9. The van der Waals surface area contributed by atoms with Gasteiger partial charge in [-0.25, -0.2) is 13.5 Å². The quantitative estimate of drug-likeness (QED) is 0.257. The Balaban J connectivity index is 1.90. The summed E-state index contributed by atoms with van der Waals surface area (Å²) in [5.41, 5.74) is -0.971. The molecule has 4 rings (SSSR count). The van der Waals surface area contributed by atoms with Crippen LogP contribution >= 0.6 is 0 Å². The Morgan fingerprint density at radius 2 is 1.69 bits per heavy atom. The number of amides is 1. The molecular weight excluding hydrogens is 647 g/mol. The fraction of sp³-hybridized carbons (Fsp3) is 0.500. The maximum Gasteiger partial charge on any atom is 0.419 e. The predicted molar refractivity (Wildman–Crippen MR) is 175 cm³/mol. The summed E-state index contributed by atoms with van der Waals surface area (Å²) in [6.45, 7) is 3.89. The smallest absolute Gasteiger partial charge is 0.419 e. The molecule has 0 aliphatic carbocycles. The maximum absolute atomic E-state index is 15.9. The molecule has 2 heterocycles. The minimum Gasteiger partial charge on any atom is -0.481 e. The average molecular weight is 691 g/mol. The lowest BCUT2D eigenvalue weighted by Gasteiger charge is -2.26. The van der Waals surface area contributed by atoms with Crippen LogP contribution in [-0.4, -0.2) is 52.3 Å². The number of carboxylic acid groups (broad SMARTS) is 1. The molecule has 2 bridgehead atoms. The number of carbonyl (C=O) groups is 2. The predicted octanol–water partition coefficient (Wildman–Crippen LogP) is 7.09. The molecule has 8 nitrogen and oxygen atoms in total. The highest BCUT2D eigenvalue weighted by Crippen LogP contribution is 2.40. The number of benzene rings is 2. The van der Waals surface area contributed by atoms with Gasteiger partial charge < -0.3 is 15.3 Å². The first-order chi connectivity index (χ1) is 23.1. The fourth-order valence-electron chi connectivity index (χ4n) is 6.52. The van der Waals surface area contributed by atoms with E-state index in [9.17, 15) is 37.1 Å². The van der Waals surface area contributed by atoms with E-state index in [1.54, 1.807) is 19.9 Å². The summed E-state index contributed by atoms with van der Waals surface area (Å²) < 4.78 is 74.5. The van der Waals surface area contributed by atoms with Crippen LogP contribution in [-0.2, 0) is 28.6 Å². The van der Waals surface area contributed by atoms with Gasteiger partial charge in [0.05, 0.1) is 23.7 Å². The summed E-state index contributed by atoms with van der Waals surface area (Å²) in [6, 6.07) is 2.85. The van der Waals surface area contributed by atoms with Gasteiger partial charge in [0.25, 0.3) is 5.56 Å². The molecule has 266 valence electrons. The number of fused-ring (bicyclic) bond motifs is 4. The highest BCUT2D eigenvalue weighted by molar-refractivity contribution is 5.82. The van der Waals surface area contributed by atoms with E-state index in [-0.39, 0.29) is 17.5 Å². The lowest BCUT2D eigenvalue weighted by atomic mass is 9.87. The van der Waals surface area contributed by atoms with E-state index < -0.39 is 64.9 Å². The van der Waals surface area contributed by atoms with Gasteiger partial charge in [-0.3, -0.25) is 14.4 Å². The van der Waals surface area contributed by atoms with Crippen molar-refractivity contribution in [2.45, 2.75) is 96.3 Å². The summed E-state index contributed by atoms with van der Waals surface area (Å²) in [4.78, 5) is 41.5. The zero-order valence-electron chi connectivity index (χ0n) is 28.2. The average Bonchev–Trinajstić information content (AvgIpc) is 2.98. The molecule has 1 aliphatic rings. The van der Waals surface area contributed by atoms with E-state index in [1.165, 1.54) is 12.1 Å². The number of alkyl halides is 3. The zero-order valence-corrected chi connectivity index (χ0v) is 28.2. The van der Waals surface area contributed by atoms with Crippen molar-refractivity contribution in [1.29, 1.82) is 0 Å². The van der Waals surface area contributed by atoms with E-state index in [0.29, 0.717) is 67.0 Å². The van der Waals surface area contributed by atoms with Gasteiger partial charge in [-0.15, -0.1) is 0 Å². The van der Waals surface area contributed by atoms with Crippen molar-refractivity contribution in [2.24, 2.45) is 0 Å². The molecule has 0 saturated carbocycles. The lowest BCUT2D eigenvalue weighted by Crippen LogP contribution is -2.41. The molecule has 0 spiro atoms. The number of nitrogens with zero attached hydrogens (tertiary/aromatic N) is 3. The van der Waals surface area contributed by atoms with Gasteiger partial charge in [0.1, 0.15) is 17.7 Å². The summed E-state index contributed by atoms with van der Waals surface area (Å²) in [5.74, 6) is -4.65. The highest BCUT2D eigenvalue weighted by Gasteiger charge is 2.38. The van der Waals surface area contributed by atoms with Crippen LogP contribution in [0, 0.1) is 25.5 Å². The van der Waals surface area contributed by atoms with Crippen molar-refractivity contribution in [1.82, 2.24) is 20.0 Å². The second-order valence-corrected chi connectivity index (χ2v) is 13.1. The van der Waals surface area contributed by atoms with Gasteiger partial charge >= 0.3 is 12.1 Å². The van der Waals surface area contributed by atoms with Crippen molar-refractivity contribution in [3.63, 3.8) is 0 Å². The topological polar surface area (TPSA) is 105 Å². The van der Waals surface area contributed by atoms with Gasteiger partial charge in [0.15, 0.2) is 0 Å². The van der Waals surface area contributed by atoms with Crippen LogP contribution in [0.5, 0.6) is 0 Å². The second kappa shape index (κ2) is 16.1. The van der Waals surface area contributed by atoms with Gasteiger partial charge in [-0.1, -0.05) is 25.7 Å². The Labute approximate surface area is 282 Å². The van der Waals surface area contributed by atoms with Crippen molar-refractivity contribution in [2.75, 3.05) is 20.6 Å². The van der Waals surface area contributed by atoms with E-state index >= 15 is 4.39 Å². The summed E-state index contributed by atoms with van der Waals surface area (Å²) in [6.07, 6.45) is -1.21. The summed E-state index contributed by atoms with van der Waals surface area (Å²) in [7, 11) is 3.85. The Kier molecular flexibility index (Phi) is 12.3. The Morgan fingerprint density at radius 3 is 2.37 bits per heavy atom. The van der Waals surface area contributed by atoms with Crippen LogP contribution in [0.3, 0.4) is 0 Å². The molecule has 0 saturated heterocycles. The van der Waals surface area contributed by atoms with Crippen LogP contribution in [0.15, 0.2) is 35.1 Å². The molecule has 1 aliphatic heterocycles. The van der Waals surface area contributed by atoms with E-state index in [4.69, 9.17) is 0 Å². The fourth-order valence-corrected chi connectivity index (χ4v) is 6.52. The normalized spacial score (nSPS) is 17.9. The van der Waals surface area contributed by atoms with E-state index in [2.05, 4.69) is 10.4 Å². The number of hydrogen-bond acceptors (Lipinski definition) is 5. The van der Waals surface area contributed by atoms with Gasteiger partial charge in [0.2, 0.25) is 5.91 Å². The molecule has 1 aromatic heterocycles. The van der Waals surface area contributed by atoms with Gasteiger partial charge in [0, 0.05) is 11.1 Å². The minimum atomic E-state index is -5.17. The lowest BCUT2D eigenvalue weighted by molar-refractivity contribution is -0.140. The number of nitrogens with one attached hydrogen (secondary N) is 1. The van der Waals surface area contributed by atoms with Gasteiger partial charge in [-0.2, -0.15) is 18.3 Å². The highest BCUT2D eigenvalue weighted by atomic mass is 19.4. The number of aliphatic carboxylic acids is 1. The number of hydrogen-bond donors (Lipinski definition) is 2. The first-order valence-corrected chi connectivity index (χ1v) is 16.5. The zero-order chi connectivity index (χ0) is 36.0. The molecule has 2 aromatic carbocycles. The molecule has 3 aromatic rings. The van der Waals surface area contributed by atoms with Crippen LogP contribution in [0.25, 0.3) is 11.1 Å². The first kappa shape index (κ1) is 37.7. The third-order valence-corrected chi connectivity index (χ3v) is 8.87. The summed E-state index contributed by atoms with van der Waals surface area (Å²) in [5, 5.41) is 16.8. The van der Waals surface area contributed by atoms with E-state index in [1.807, 2.05) is 19.0 Å². The number of carbonyl (C=O) groups excluding carboxylic acids is 1. The monoisotopic (exact) mass is 690 g/mol. The molecule has 0 fully saturated rings. The number of rotatable bonds is 7. The van der Waals surface area contributed by atoms with Crippen LogP contribution < -0.4 is 10.9 Å².